The maximum atomic E-state index is 11.6. The number of aromatic hydroxyl groups is 1. The van der Waals surface area contributed by atoms with Crippen molar-refractivity contribution in [3.8, 4) is 5.75 Å². The number of hydrogen-bond acceptors (Lipinski definition) is 5. The first-order valence-corrected chi connectivity index (χ1v) is 5.61. The third kappa shape index (κ3) is 3.13. The predicted molar refractivity (Wildman–Crippen MR) is 64.0 cm³/mol. The lowest BCUT2D eigenvalue weighted by Crippen LogP contribution is -2.30. The van der Waals surface area contributed by atoms with Crippen LogP contribution in [0.15, 0.2) is 18.2 Å². The second-order valence-electron chi connectivity index (χ2n) is 4.19. The topological polar surface area (TPSA) is 102 Å². The van der Waals surface area contributed by atoms with E-state index in [1.54, 1.807) is 0 Å². The normalized spacial score (nSPS) is 14.0. The summed E-state index contributed by atoms with van der Waals surface area (Å²) in [6.07, 6.45) is 1.94. The van der Waals surface area contributed by atoms with Crippen molar-refractivity contribution in [2.75, 3.05) is 12.3 Å². The summed E-state index contributed by atoms with van der Waals surface area (Å²) in [4.78, 5) is 22.9. The number of phenolic OH excluding ortho intramolecular Hbond substituents is 1. The molecule has 6 nitrogen and oxygen atoms in total. The SMILES string of the molecule is Nc1ccc(O)cc1C(=O)OCC(=O)NC1CC1. The first-order valence-electron chi connectivity index (χ1n) is 5.61. The van der Waals surface area contributed by atoms with Gasteiger partial charge in [-0.25, -0.2) is 4.79 Å². The van der Waals surface area contributed by atoms with Crippen LogP contribution >= 0.6 is 0 Å². The summed E-state index contributed by atoms with van der Waals surface area (Å²) in [5, 5.41) is 11.9. The van der Waals surface area contributed by atoms with E-state index in [2.05, 4.69) is 5.32 Å². The Bertz CT molecular complexity index is 483. The molecule has 2 rings (SSSR count). The minimum Gasteiger partial charge on any atom is -0.508 e. The predicted octanol–water partition coefficient (Wildman–Crippen LogP) is 0.410. The van der Waals surface area contributed by atoms with Crippen LogP contribution in [-0.4, -0.2) is 29.6 Å². The summed E-state index contributed by atoms with van der Waals surface area (Å²) in [7, 11) is 0. The van der Waals surface area contributed by atoms with Crippen molar-refractivity contribution in [1.29, 1.82) is 0 Å². The molecular weight excluding hydrogens is 236 g/mol. The van der Waals surface area contributed by atoms with Gasteiger partial charge < -0.3 is 20.9 Å². The van der Waals surface area contributed by atoms with Crippen LogP contribution in [-0.2, 0) is 9.53 Å². The number of nitrogen functional groups attached to an aromatic ring is 1. The number of nitrogens with two attached hydrogens (primary N) is 1. The molecule has 0 spiro atoms. The smallest absolute Gasteiger partial charge is 0.340 e. The fraction of sp³-hybridized carbons (Fsp3) is 0.333. The highest BCUT2D eigenvalue weighted by Crippen LogP contribution is 2.20. The van der Waals surface area contributed by atoms with Crippen LogP contribution in [0.2, 0.25) is 0 Å². The van der Waals surface area contributed by atoms with Gasteiger partial charge in [-0.2, -0.15) is 0 Å². The molecule has 1 aliphatic rings. The van der Waals surface area contributed by atoms with Gasteiger partial charge in [0.25, 0.3) is 5.91 Å². The molecule has 1 aromatic rings. The number of anilines is 1. The minimum atomic E-state index is -0.727. The number of carbonyl (C=O) groups is 2. The molecule has 4 N–H and O–H groups in total. The van der Waals surface area contributed by atoms with Crippen molar-refractivity contribution in [2.24, 2.45) is 0 Å². The van der Waals surface area contributed by atoms with Gasteiger partial charge in [-0.3, -0.25) is 4.79 Å². The van der Waals surface area contributed by atoms with Crippen molar-refractivity contribution >= 4 is 17.6 Å². The van der Waals surface area contributed by atoms with E-state index in [4.69, 9.17) is 10.5 Å². The zero-order valence-electron chi connectivity index (χ0n) is 9.68. The molecule has 0 unspecified atom stereocenters. The molecule has 0 aliphatic heterocycles. The van der Waals surface area contributed by atoms with Gasteiger partial charge >= 0.3 is 5.97 Å². The molecule has 1 aromatic carbocycles. The van der Waals surface area contributed by atoms with E-state index >= 15 is 0 Å². The van der Waals surface area contributed by atoms with Gasteiger partial charge in [-0.15, -0.1) is 0 Å². The number of benzene rings is 1. The summed E-state index contributed by atoms with van der Waals surface area (Å²) < 4.78 is 4.81. The lowest BCUT2D eigenvalue weighted by molar-refractivity contribution is -0.124. The van der Waals surface area contributed by atoms with Crippen LogP contribution in [0.1, 0.15) is 23.2 Å². The summed E-state index contributed by atoms with van der Waals surface area (Å²) in [5.41, 5.74) is 5.82. The number of hydrogen-bond donors (Lipinski definition) is 3. The van der Waals surface area contributed by atoms with Crippen molar-refractivity contribution in [2.45, 2.75) is 18.9 Å². The van der Waals surface area contributed by atoms with E-state index in [1.807, 2.05) is 0 Å². The Morgan fingerprint density at radius 2 is 2.17 bits per heavy atom. The third-order valence-corrected chi connectivity index (χ3v) is 2.53. The van der Waals surface area contributed by atoms with Crippen LogP contribution in [0.5, 0.6) is 5.75 Å². The number of nitrogens with one attached hydrogen (secondary N) is 1. The van der Waals surface area contributed by atoms with E-state index in [9.17, 15) is 14.7 Å². The van der Waals surface area contributed by atoms with Gasteiger partial charge in [0.15, 0.2) is 6.61 Å². The fourth-order valence-electron chi connectivity index (χ4n) is 1.43. The second kappa shape index (κ2) is 4.95. The molecular formula is C12H14N2O4. The minimum absolute atomic E-state index is 0.0502. The molecule has 96 valence electrons. The lowest BCUT2D eigenvalue weighted by atomic mass is 10.2. The highest BCUT2D eigenvalue weighted by Gasteiger charge is 2.23. The van der Waals surface area contributed by atoms with Crippen LogP contribution in [0.25, 0.3) is 0 Å². The van der Waals surface area contributed by atoms with Crippen molar-refractivity contribution in [3.63, 3.8) is 0 Å². The zero-order valence-corrected chi connectivity index (χ0v) is 9.68. The molecule has 0 saturated heterocycles. The lowest BCUT2D eigenvalue weighted by Gasteiger charge is -2.07. The van der Waals surface area contributed by atoms with Crippen LogP contribution in [0, 0.1) is 0 Å². The number of esters is 1. The van der Waals surface area contributed by atoms with Crippen LogP contribution < -0.4 is 11.1 Å². The molecule has 0 heterocycles. The largest absolute Gasteiger partial charge is 0.508 e. The molecule has 0 bridgehead atoms. The van der Waals surface area contributed by atoms with Crippen LogP contribution in [0.4, 0.5) is 5.69 Å². The number of carbonyl (C=O) groups excluding carboxylic acids is 2. The van der Waals surface area contributed by atoms with Gasteiger partial charge in [0.1, 0.15) is 5.75 Å². The molecule has 0 atom stereocenters. The zero-order chi connectivity index (χ0) is 13.1. The van der Waals surface area contributed by atoms with E-state index in [1.165, 1.54) is 18.2 Å². The molecule has 1 aliphatic carbocycles. The summed E-state index contributed by atoms with van der Waals surface area (Å²) in [6, 6.07) is 4.19. The second-order valence-corrected chi connectivity index (χ2v) is 4.19. The van der Waals surface area contributed by atoms with E-state index < -0.39 is 5.97 Å². The van der Waals surface area contributed by atoms with Gasteiger partial charge in [-0.1, -0.05) is 0 Å². The van der Waals surface area contributed by atoms with E-state index in [0.29, 0.717) is 0 Å². The van der Waals surface area contributed by atoms with Gasteiger partial charge in [0, 0.05) is 11.7 Å². The standard InChI is InChI=1S/C12H14N2O4/c13-10-4-3-8(15)5-9(10)12(17)18-6-11(16)14-7-1-2-7/h3-5,7,15H,1-2,6,13H2,(H,14,16). The molecule has 1 fully saturated rings. The van der Waals surface area contributed by atoms with Crippen molar-refractivity contribution in [3.05, 3.63) is 23.8 Å². The average Bonchev–Trinajstić information content (AvgIpc) is 3.13. The first kappa shape index (κ1) is 12.2. The van der Waals surface area contributed by atoms with Gasteiger partial charge in [0.2, 0.25) is 0 Å². The molecule has 0 aromatic heterocycles. The maximum absolute atomic E-state index is 11.6. The van der Waals surface area contributed by atoms with E-state index in [0.717, 1.165) is 12.8 Å². The average molecular weight is 250 g/mol. The fourth-order valence-corrected chi connectivity index (χ4v) is 1.43. The highest BCUT2D eigenvalue weighted by molar-refractivity contribution is 5.96. The molecule has 0 radical (unpaired) electrons. The third-order valence-electron chi connectivity index (χ3n) is 2.53. The number of phenols is 1. The molecule has 6 heteroatoms. The van der Waals surface area contributed by atoms with E-state index in [-0.39, 0.29) is 35.6 Å². The number of ether oxygens (including phenoxy) is 1. The Morgan fingerprint density at radius 1 is 1.44 bits per heavy atom. The highest BCUT2D eigenvalue weighted by atomic mass is 16.5. The Hall–Kier alpha value is -2.24. The quantitative estimate of drug-likeness (QED) is 0.408. The molecule has 18 heavy (non-hydrogen) atoms. The monoisotopic (exact) mass is 250 g/mol. The van der Waals surface area contributed by atoms with Crippen molar-refractivity contribution in [1.82, 2.24) is 5.32 Å². The first-order chi connectivity index (χ1) is 8.56. The van der Waals surface area contributed by atoms with Gasteiger partial charge in [0.05, 0.1) is 5.56 Å². The summed E-state index contributed by atoms with van der Waals surface area (Å²) >= 11 is 0. The number of amides is 1. The Balaban J connectivity index is 1.90. The summed E-state index contributed by atoms with van der Waals surface area (Å²) in [6.45, 7) is -0.343. The number of rotatable bonds is 4. The molecule has 1 saturated carbocycles. The Kier molecular flexibility index (Phi) is 3.36. The summed E-state index contributed by atoms with van der Waals surface area (Å²) in [5.74, 6) is -1.14. The molecule has 1 amide bonds. The van der Waals surface area contributed by atoms with Crippen molar-refractivity contribution < 1.29 is 19.4 Å². The van der Waals surface area contributed by atoms with Gasteiger partial charge in [-0.05, 0) is 31.0 Å². The maximum Gasteiger partial charge on any atom is 0.340 e. The van der Waals surface area contributed by atoms with Crippen LogP contribution in [0.3, 0.4) is 0 Å². The Labute approximate surface area is 104 Å². The Morgan fingerprint density at radius 3 is 2.83 bits per heavy atom.